The van der Waals surface area contributed by atoms with E-state index in [-0.39, 0.29) is 0 Å². The highest BCUT2D eigenvalue weighted by molar-refractivity contribution is 5.46. The molecule has 1 unspecified atom stereocenters. The number of rotatable bonds is 4. The molecule has 1 nitrogen and oxygen atoms in total. The van der Waals surface area contributed by atoms with Crippen LogP contribution in [0.5, 0.6) is 0 Å². The Hall–Kier alpha value is -1.60. The van der Waals surface area contributed by atoms with Gasteiger partial charge in [0.05, 0.1) is 0 Å². The standard InChI is InChI=1S/C20H27N/c1-13-7-9-18(10-8-13)12-19(21-6)20-16(4)14(2)11-15(3)17(20)5/h7-11,19,21H,12H2,1-6H3. The second-order valence-corrected chi connectivity index (χ2v) is 6.21. The highest BCUT2D eigenvalue weighted by atomic mass is 14.9. The third-order valence-electron chi connectivity index (χ3n) is 4.68. The molecule has 0 radical (unpaired) electrons. The SMILES string of the molecule is CNC(Cc1ccc(C)cc1)c1c(C)c(C)cc(C)c1C. The van der Waals surface area contributed by atoms with Gasteiger partial charge in [-0.25, -0.2) is 0 Å². The molecule has 1 N–H and O–H groups in total. The van der Waals surface area contributed by atoms with Crippen molar-refractivity contribution in [2.75, 3.05) is 7.05 Å². The van der Waals surface area contributed by atoms with Crippen molar-refractivity contribution in [1.82, 2.24) is 5.32 Å². The number of nitrogens with one attached hydrogen (secondary N) is 1. The van der Waals surface area contributed by atoms with Crippen LogP contribution in [0.2, 0.25) is 0 Å². The number of aryl methyl sites for hydroxylation is 3. The van der Waals surface area contributed by atoms with Gasteiger partial charge < -0.3 is 5.32 Å². The topological polar surface area (TPSA) is 12.0 Å². The Bertz CT molecular complexity index is 597. The smallest absolute Gasteiger partial charge is 0.0363 e. The first kappa shape index (κ1) is 15.8. The molecule has 0 bridgehead atoms. The van der Waals surface area contributed by atoms with Crippen molar-refractivity contribution in [2.45, 2.75) is 47.1 Å². The molecule has 0 aliphatic heterocycles. The van der Waals surface area contributed by atoms with Gasteiger partial charge >= 0.3 is 0 Å². The highest BCUT2D eigenvalue weighted by Crippen LogP contribution is 2.29. The molecule has 0 aliphatic rings. The molecule has 1 heteroatoms. The molecule has 0 amide bonds. The van der Waals surface area contributed by atoms with Gasteiger partial charge in [0.2, 0.25) is 0 Å². The molecule has 2 aromatic rings. The Morgan fingerprint density at radius 3 is 1.86 bits per heavy atom. The number of benzene rings is 2. The largest absolute Gasteiger partial charge is 0.313 e. The van der Waals surface area contributed by atoms with Gasteiger partial charge in [-0.1, -0.05) is 35.9 Å². The molecule has 0 spiro atoms. The Morgan fingerprint density at radius 1 is 0.857 bits per heavy atom. The minimum atomic E-state index is 0.367. The number of hydrogen-bond acceptors (Lipinski definition) is 1. The Kier molecular flexibility index (Phi) is 4.84. The first-order chi connectivity index (χ1) is 9.93. The van der Waals surface area contributed by atoms with E-state index in [1.54, 1.807) is 0 Å². The summed E-state index contributed by atoms with van der Waals surface area (Å²) in [5.41, 5.74) is 9.79. The van der Waals surface area contributed by atoms with Gasteiger partial charge in [0.25, 0.3) is 0 Å². The van der Waals surface area contributed by atoms with Gasteiger partial charge in [0, 0.05) is 6.04 Å². The van der Waals surface area contributed by atoms with Crippen molar-refractivity contribution in [3.63, 3.8) is 0 Å². The van der Waals surface area contributed by atoms with E-state index in [1.165, 1.54) is 38.9 Å². The van der Waals surface area contributed by atoms with E-state index in [2.05, 4.69) is 77.3 Å². The molecule has 2 rings (SSSR count). The van der Waals surface area contributed by atoms with Crippen LogP contribution < -0.4 is 5.32 Å². The molecule has 0 aromatic heterocycles. The maximum Gasteiger partial charge on any atom is 0.0363 e. The molecule has 21 heavy (non-hydrogen) atoms. The van der Waals surface area contributed by atoms with Crippen molar-refractivity contribution >= 4 is 0 Å². The van der Waals surface area contributed by atoms with Gasteiger partial charge in [0.15, 0.2) is 0 Å². The zero-order chi connectivity index (χ0) is 15.6. The van der Waals surface area contributed by atoms with E-state index >= 15 is 0 Å². The lowest BCUT2D eigenvalue weighted by Gasteiger charge is -2.24. The van der Waals surface area contributed by atoms with Crippen molar-refractivity contribution in [3.05, 3.63) is 69.3 Å². The fourth-order valence-electron chi connectivity index (χ4n) is 3.08. The molecule has 0 saturated heterocycles. The van der Waals surface area contributed by atoms with E-state index < -0.39 is 0 Å². The average molecular weight is 281 g/mol. The third-order valence-corrected chi connectivity index (χ3v) is 4.68. The molecular formula is C20H27N. The summed E-state index contributed by atoms with van der Waals surface area (Å²) in [6.45, 7) is 11.1. The molecule has 0 aliphatic carbocycles. The van der Waals surface area contributed by atoms with Gasteiger partial charge in [0.1, 0.15) is 0 Å². The van der Waals surface area contributed by atoms with E-state index in [0.717, 1.165) is 6.42 Å². The maximum absolute atomic E-state index is 3.52. The van der Waals surface area contributed by atoms with Gasteiger partial charge in [-0.15, -0.1) is 0 Å². The van der Waals surface area contributed by atoms with Crippen molar-refractivity contribution in [3.8, 4) is 0 Å². The van der Waals surface area contributed by atoms with Crippen LogP contribution >= 0.6 is 0 Å². The van der Waals surface area contributed by atoms with Crippen LogP contribution in [0.15, 0.2) is 30.3 Å². The van der Waals surface area contributed by atoms with Crippen LogP contribution in [0.4, 0.5) is 0 Å². The summed E-state index contributed by atoms with van der Waals surface area (Å²) in [6.07, 6.45) is 1.03. The first-order valence-corrected chi connectivity index (χ1v) is 7.74. The zero-order valence-corrected chi connectivity index (χ0v) is 14.2. The van der Waals surface area contributed by atoms with Crippen molar-refractivity contribution in [1.29, 1.82) is 0 Å². The Labute approximate surface area is 129 Å². The third kappa shape index (κ3) is 3.36. The van der Waals surface area contributed by atoms with E-state index in [4.69, 9.17) is 0 Å². The predicted molar refractivity (Wildman–Crippen MR) is 92.1 cm³/mol. The van der Waals surface area contributed by atoms with E-state index in [1.807, 2.05) is 0 Å². The second kappa shape index (κ2) is 6.44. The average Bonchev–Trinajstić information content (AvgIpc) is 2.46. The van der Waals surface area contributed by atoms with Crippen LogP contribution in [-0.2, 0) is 6.42 Å². The Morgan fingerprint density at radius 2 is 1.38 bits per heavy atom. The molecule has 2 aromatic carbocycles. The maximum atomic E-state index is 3.52. The summed E-state index contributed by atoms with van der Waals surface area (Å²) >= 11 is 0. The van der Waals surface area contributed by atoms with Gasteiger partial charge in [-0.2, -0.15) is 0 Å². The Balaban J connectivity index is 2.40. The first-order valence-electron chi connectivity index (χ1n) is 7.74. The lowest BCUT2D eigenvalue weighted by Crippen LogP contribution is -2.21. The number of hydrogen-bond donors (Lipinski definition) is 1. The van der Waals surface area contributed by atoms with E-state index in [0.29, 0.717) is 6.04 Å². The van der Waals surface area contributed by atoms with Crippen LogP contribution in [0, 0.1) is 34.6 Å². The molecule has 0 fully saturated rings. The van der Waals surface area contributed by atoms with Crippen LogP contribution in [0.1, 0.15) is 45.0 Å². The molecule has 0 saturated carbocycles. The van der Waals surface area contributed by atoms with Crippen LogP contribution in [-0.4, -0.2) is 7.05 Å². The van der Waals surface area contributed by atoms with Crippen LogP contribution in [0.3, 0.4) is 0 Å². The summed E-state index contributed by atoms with van der Waals surface area (Å²) in [6, 6.07) is 11.5. The van der Waals surface area contributed by atoms with Crippen molar-refractivity contribution in [2.24, 2.45) is 0 Å². The van der Waals surface area contributed by atoms with E-state index in [9.17, 15) is 0 Å². The van der Waals surface area contributed by atoms with Crippen molar-refractivity contribution < 1.29 is 0 Å². The second-order valence-electron chi connectivity index (χ2n) is 6.21. The quantitative estimate of drug-likeness (QED) is 0.854. The fourth-order valence-corrected chi connectivity index (χ4v) is 3.08. The molecule has 0 heterocycles. The normalized spacial score (nSPS) is 12.5. The monoisotopic (exact) mass is 281 g/mol. The summed E-state index contributed by atoms with van der Waals surface area (Å²) in [7, 11) is 2.06. The molecule has 1 atom stereocenters. The minimum Gasteiger partial charge on any atom is -0.313 e. The van der Waals surface area contributed by atoms with Gasteiger partial charge in [-0.05, 0) is 81.5 Å². The summed E-state index contributed by atoms with van der Waals surface area (Å²) in [4.78, 5) is 0. The lowest BCUT2D eigenvalue weighted by atomic mass is 9.87. The van der Waals surface area contributed by atoms with Crippen LogP contribution in [0.25, 0.3) is 0 Å². The minimum absolute atomic E-state index is 0.367. The molecular weight excluding hydrogens is 254 g/mol. The fraction of sp³-hybridized carbons (Fsp3) is 0.400. The molecule has 112 valence electrons. The summed E-state index contributed by atoms with van der Waals surface area (Å²) in [5, 5.41) is 3.52. The highest BCUT2D eigenvalue weighted by Gasteiger charge is 2.17. The summed E-state index contributed by atoms with van der Waals surface area (Å²) < 4.78 is 0. The predicted octanol–water partition coefficient (Wildman–Crippen LogP) is 4.73. The zero-order valence-electron chi connectivity index (χ0n) is 14.2. The number of likely N-dealkylation sites (N-methyl/N-ethyl adjacent to an activating group) is 1. The summed E-state index contributed by atoms with van der Waals surface area (Å²) in [5.74, 6) is 0. The van der Waals surface area contributed by atoms with Gasteiger partial charge in [-0.3, -0.25) is 0 Å². The lowest BCUT2D eigenvalue weighted by molar-refractivity contribution is 0.584.